The number of amidine groups is 1. The monoisotopic (exact) mass is 370 g/mol. The molecule has 1 N–H and O–H groups in total. The summed E-state index contributed by atoms with van der Waals surface area (Å²) in [5.74, 6) is 0.152. The van der Waals surface area contributed by atoms with E-state index in [4.69, 9.17) is 5.41 Å². The molecule has 0 fully saturated rings. The van der Waals surface area contributed by atoms with E-state index in [0.717, 1.165) is 27.3 Å². The number of para-hydroxylation sites is 1. The number of pyridine rings is 1. The van der Waals surface area contributed by atoms with E-state index in [1.807, 2.05) is 42.5 Å². The van der Waals surface area contributed by atoms with E-state index in [1.54, 1.807) is 12.3 Å². The molecule has 0 bridgehead atoms. The standard InChI is InChI=1S/C22H18N4S/c1-16-9-5-6-13-19(16)26-20(17-10-3-2-4-11-17)15-27-22(26)25-21(23)18-12-7-8-14-24-18/h2-15,23H,1H3. The molecule has 2 aromatic heterocycles. The van der Waals surface area contributed by atoms with Gasteiger partial charge >= 0.3 is 0 Å². The van der Waals surface area contributed by atoms with Gasteiger partial charge in [-0.15, -0.1) is 11.3 Å². The van der Waals surface area contributed by atoms with Crippen LogP contribution in [0.3, 0.4) is 0 Å². The highest BCUT2D eigenvalue weighted by Crippen LogP contribution is 2.24. The Balaban J connectivity index is 1.93. The first kappa shape index (κ1) is 17.1. The van der Waals surface area contributed by atoms with Crippen molar-refractivity contribution in [1.82, 2.24) is 9.55 Å². The van der Waals surface area contributed by atoms with E-state index in [9.17, 15) is 0 Å². The third kappa shape index (κ3) is 3.50. The quantitative estimate of drug-likeness (QED) is 0.407. The van der Waals surface area contributed by atoms with Crippen LogP contribution in [0.15, 0.2) is 89.4 Å². The normalized spacial score (nSPS) is 11.5. The van der Waals surface area contributed by atoms with Gasteiger partial charge in [0.15, 0.2) is 10.6 Å². The predicted octanol–water partition coefficient (Wildman–Crippen LogP) is 4.84. The van der Waals surface area contributed by atoms with Crippen molar-refractivity contribution in [1.29, 1.82) is 5.41 Å². The van der Waals surface area contributed by atoms with Gasteiger partial charge in [-0.05, 0) is 36.2 Å². The zero-order valence-electron chi connectivity index (χ0n) is 14.8. The van der Waals surface area contributed by atoms with Crippen molar-refractivity contribution in [3.05, 3.63) is 100 Å². The van der Waals surface area contributed by atoms with Gasteiger partial charge in [0.2, 0.25) is 0 Å². The summed E-state index contributed by atoms with van der Waals surface area (Å²) in [6, 6.07) is 24.0. The summed E-state index contributed by atoms with van der Waals surface area (Å²) in [5.41, 5.74) is 4.94. The lowest BCUT2D eigenvalue weighted by Crippen LogP contribution is -2.17. The minimum absolute atomic E-state index is 0.152. The Kier molecular flexibility index (Phi) is 4.77. The lowest BCUT2D eigenvalue weighted by molar-refractivity contribution is 1.00. The number of nitrogens with one attached hydrogen (secondary N) is 1. The molecule has 0 aliphatic heterocycles. The highest BCUT2D eigenvalue weighted by molar-refractivity contribution is 7.07. The number of nitrogens with zero attached hydrogens (tertiary/aromatic N) is 3. The molecule has 0 spiro atoms. The van der Waals surface area contributed by atoms with Crippen LogP contribution in [0.25, 0.3) is 16.9 Å². The molecule has 27 heavy (non-hydrogen) atoms. The van der Waals surface area contributed by atoms with Gasteiger partial charge in [-0.25, -0.2) is 0 Å². The number of hydrogen-bond acceptors (Lipinski definition) is 3. The van der Waals surface area contributed by atoms with E-state index in [1.165, 1.54) is 11.3 Å². The van der Waals surface area contributed by atoms with E-state index < -0.39 is 0 Å². The lowest BCUT2D eigenvalue weighted by atomic mass is 10.1. The number of rotatable bonds is 3. The summed E-state index contributed by atoms with van der Waals surface area (Å²) in [7, 11) is 0. The Bertz CT molecular complexity index is 1140. The molecule has 4 aromatic rings. The average Bonchev–Trinajstić information content (AvgIpc) is 3.13. The maximum Gasteiger partial charge on any atom is 0.196 e. The fourth-order valence-corrected chi connectivity index (χ4v) is 3.81. The van der Waals surface area contributed by atoms with E-state index in [-0.39, 0.29) is 5.84 Å². The maximum atomic E-state index is 8.36. The first-order chi connectivity index (χ1) is 13.2. The van der Waals surface area contributed by atoms with Crippen LogP contribution in [0, 0.1) is 12.3 Å². The van der Waals surface area contributed by atoms with Crippen molar-refractivity contribution in [2.75, 3.05) is 0 Å². The Labute approximate surface area is 161 Å². The first-order valence-electron chi connectivity index (χ1n) is 8.61. The SMILES string of the molecule is Cc1ccccc1-n1c(-c2ccccc2)csc1=NC(=N)c1ccccn1. The molecule has 0 atom stereocenters. The number of benzene rings is 2. The van der Waals surface area contributed by atoms with Crippen molar-refractivity contribution >= 4 is 17.2 Å². The number of hydrogen-bond donors (Lipinski definition) is 1. The molecule has 4 rings (SSSR count). The fraction of sp³-hybridized carbons (Fsp3) is 0.0455. The third-order valence-electron chi connectivity index (χ3n) is 4.25. The molecule has 0 aliphatic rings. The molecule has 0 amide bonds. The molecule has 0 unspecified atom stereocenters. The van der Waals surface area contributed by atoms with Gasteiger partial charge in [0.05, 0.1) is 11.4 Å². The number of aromatic nitrogens is 2. The van der Waals surface area contributed by atoms with Gasteiger partial charge in [-0.3, -0.25) is 15.0 Å². The summed E-state index contributed by atoms with van der Waals surface area (Å²) in [4.78, 5) is 9.58. The van der Waals surface area contributed by atoms with Crippen LogP contribution in [0.2, 0.25) is 0 Å². The smallest absolute Gasteiger partial charge is 0.196 e. The lowest BCUT2D eigenvalue weighted by Gasteiger charge is -2.12. The predicted molar refractivity (Wildman–Crippen MR) is 110 cm³/mol. The summed E-state index contributed by atoms with van der Waals surface area (Å²) in [6.45, 7) is 2.09. The summed E-state index contributed by atoms with van der Waals surface area (Å²) >= 11 is 1.53. The molecule has 132 valence electrons. The fourth-order valence-electron chi connectivity index (χ4n) is 2.90. The Morgan fingerprint density at radius 2 is 1.70 bits per heavy atom. The van der Waals surface area contributed by atoms with Crippen molar-refractivity contribution in [3.8, 4) is 16.9 Å². The van der Waals surface area contributed by atoms with Gasteiger partial charge in [0, 0.05) is 11.6 Å². The highest BCUT2D eigenvalue weighted by Gasteiger charge is 2.12. The van der Waals surface area contributed by atoms with E-state index in [0.29, 0.717) is 5.69 Å². The second-order valence-electron chi connectivity index (χ2n) is 6.07. The molecule has 2 aromatic carbocycles. The highest BCUT2D eigenvalue weighted by atomic mass is 32.1. The molecule has 0 radical (unpaired) electrons. The van der Waals surface area contributed by atoms with Crippen molar-refractivity contribution in [2.45, 2.75) is 6.92 Å². The van der Waals surface area contributed by atoms with Gasteiger partial charge in [0.1, 0.15) is 5.69 Å². The molecule has 5 heteroatoms. The molecule has 0 saturated heterocycles. The molecule has 4 nitrogen and oxygen atoms in total. The van der Waals surface area contributed by atoms with Crippen LogP contribution >= 0.6 is 11.3 Å². The molecular weight excluding hydrogens is 352 g/mol. The van der Waals surface area contributed by atoms with Crippen LogP contribution in [0.1, 0.15) is 11.3 Å². The number of aryl methyl sites for hydroxylation is 1. The van der Waals surface area contributed by atoms with E-state index in [2.05, 4.69) is 51.1 Å². The summed E-state index contributed by atoms with van der Waals surface area (Å²) in [6.07, 6.45) is 1.68. The molecule has 2 heterocycles. The zero-order chi connectivity index (χ0) is 18.6. The maximum absolute atomic E-state index is 8.36. The molecular formula is C22H18N4S. The second-order valence-corrected chi connectivity index (χ2v) is 6.90. The van der Waals surface area contributed by atoms with Gasteiger partial charge in [-0.1, -0.05) is 54.6 Å². The van der Waals surface area contributed by atoms with Crippen LogP contribution in [0.5, 0.6) is 0 Å². The van der Waals surface area contributed by atoms with Crippen LogP contribution < -0.4 is 4.80 Å². The van der Waals surface area contributed by atoms with Gasteiger partial charge in [-0.2, -0.15) is 4.99 Å². The van der Waals surface area contributed by atoms with Crippen molar-refractivity contribution < 1.29 is 0 Å². The number of thiazole rings is 1. The third-order valence-corrected chi connectivity index (χ3v) is 5.07. The Morgan fingerprint density at radius 3 is 2.44 bits per heavy atom. The minimum atomic E-state index is 0.152. The Morgan fingerprint density at radius 1 is 0.963 bits per heavy atom. The van der Waals surface area contributed by atoms with Crippen molar-refractivity contribution in [3.63, 3.8) is 0 Å². The second kappa shape index (κ2) is 7.51. The van der Waals surface area contributed by atoms with E-state index >= 15 is 0 Å². The summed E-state index contributed by atoms with van der Waals surface area (Å²) < 4.78 is 2.12. The topological polar surface area (TPSA) is 54.0 Å². The first-order valence-corrected chi connectivity index (χ1v) is 9.48. The zero-order valence-corrected chi connectivity index (χ0v) is 15.6. The largest absolute Gasteiger partial charge is 0.285 e. The minimum Gasteiger partial charge on any atom is -0.285 e. The molecule has 0 saturated carbocycles. The average molecular weight is 370 g/mol. The van der Waals surface area contributed by atoms with Crippen LogP contribution in [0.4, 0.5) is 0 Å². The Hall–Kier alpha value is -3.31. The summed E-state index contributed by atoms with van der Waals surface area (Å²) in [5, 5.41) is 10.4. The van der Waals surface area contributed by atoms with Crippen LogP contribution in [-0.4, -0.2) is 15.4 Å². The molecule has 0 aliphatic carbocycles. The van der Waals surface area contributed by atoms with Crippen molar-refractivity contribution in [2.24, 2.45) is 4.99 Å². The van der Waals surface area contributed by atoms with Gasteiger partial charge < -0.3 is 0 Å². The van der Waals surface area contributed by atoms with Gasteiger partial charge in [0.25, 0.3) is 0 Å². The van der Waals surface area contributed by atoms with Crippen LogP contribution in [-0.2, 0) is 0 Å².